The highest BCUT2D eigenvalue weighted by molar-refractivity contribution is 5.94. The number of anilines is 1. The maximum Gasteiger partial charge on any atom is 0.254 e. The van der Waals surface area contributed by atoms with Crippen molar-refractivity contribution in [2.75, 3.05) is 39.2 Å². The molecule has 0 spiro atoms. The first-order valence-electron chi connectivity index (χ1n) is 8.37. The first-order chi connectivity index (χ1) is 12.2. The number of aromatic nitrogens is 1. The second-order valence-corrected chi connectivity index (χ2v) is 5.98. The molecule has 6 heteroatoms. The summed E-state index contributed by atoms with van der Waals surface area (Å²) in [4.78, 5) is 18.8. The normalized spacial score (nSPS) is 17.2. The van der Waals surface area contributed by atoms with Gasteiger partial charge in [0.25, 0.3) is 5.91 Å². The molecule has 1 atom stereocenters. The SMILES string of the molecule is CNc1cc(C(=O)N2CCO[C@H](Cc3cccc(OC)c3)C2)ccn1. The minimum atomic E-state index is -0.0181. The molecule has 6 nitrogen and oxygen atoms in total. The van der Waals surface area contributed by atoms with Gasteiger partial charge in [0.05, 0.1) is 19.8 Å². The van der Waals surface area contributed by atoms with Crippen molar-refractivity contribution >= 4 is 11.7 Å². The smallest absolute Gasteiger partial charge is 0.254 e. The lowest BCUT2D eigenvalue weighted by Crippen LogP contribution is -2.46. The number of morpholine rings is 1. The summed E-state index contributed by atoms with van der Waals surface area (Å²) in [5.74, 6) is 1.53. The number of benzene rings is 1. The summed E-state index contributed by atoms with van der Waals surface area (Å²) in [6, 6.07) is 11.5. The fourth-order valence-corrected chi connectivity index (χ4v) is 2.97. The predicted octanol–water partition coefficient (Wildman–Crippen LogP) is 2.22. The molecule has 1 saturated heterocycles. The van der Waals surface area contributed by atoms with Crippen LogP contribution in [-0.2, 0) is 11.2 Å². The second kappa shape index (κ2) is 7.98. The number of amides is 1. The minimum absolute atomic E-state index is 0.0119. The van der Waals surface area contributed by atoms with Crippen LogP contribution in [0.15, 0.2) is 42.6 Å². The van der Waals surface area contributed by atoms with Crippen LogP contribution in [0.1, 0.15) is 15.9 Å². The van der Waals surface area contributed by atoms with Crippen LogP contribution in [0.4, 0.5) is 5.82 Å². The first kappa shape index (κ1) is 17.2. The van der Waals surface area contributed by atoms with E-state index in [1.54, 1.807) is 32.5 Å². The Kier molecular flexibility index (Phi) is 5.50. The van der Waals surface area contributed by atoms with Gasteiger partial charge in [-0.3, -0.25) is 4.79 Å². The molecule has 1 fully saturated rings. The second-order valence-electron chi connectivity index (χ2n) is 5.98. The lowest BCUT2D eigenvalue weighted by Gasteiger charge is -2.33. The Hall–Kier alpha value is -2.60. The molecule has 2 heterocycles. The molecule has 3 rings (SSSR count). The van der Waals surface area contributed by atoms with Crippen molar-refractivity contribution in [2.24, 2.45) is 0 Å². The van der Waals surface area contributed by atoms with E-state index in [1.165, 1.54) is 0 Å². The average Bonchev–Trinajstić information content (AvgIpc) is 2.68. The van der Waals surface area contributed by atoms with E-state index in [0.717, 1.165) is 17.7 Å². The summed E-state index contributed by atoms with van der Waals surface area (Å²) >= 11 is 0. The number of nitrogens with one attached hydrogen (secondary N) is 1. The van der Waals surface area contributed by atoms with Gasteiger partial charge in [-0.25, -0.2) is 4.98 Å². The molecule has 0 bridgehead atoms. The standard InChI is InChI=1S/C19H23N3O3/c1-20-18-12-15(6-7-21-18)19(23)22-8-9-25-17(13-22)11-14-4-3-5-16(10-14)24-2/h3-7,10,12,17H,8-9,11,13H2,1-2H3,(H,20,21)/t17-/m1/s1. The Balaban J connectivity index is 1.66. The van der Waals surface area contributed by atoms with Gasteiger partial charge >= 0.3 is 0 Å². The molecular weight excluding hydrogens is 318 g/mol. The van der Waals surface area contributed by atoms with Crippen LogP contribution in [-0.4, -0.2) is 55.7 Å². The van der Waals surface area contributed by atoms with Crippen LogP contribution >= 0.6 is 0 Å². The van der Waals surface area contributed by atoms with Gasteiger partial charge in [-0.15, -0.1) is 0 Å². The maximum atomic E-state index is 12.8. The number of carbonyl (C=O) groups is 1. The topological polar surface area (TPSA) is 63.7 Å². The molecule has 0 aliphatic carbocycles. The number of carbonyl (C=O) groups excluding carboxylic acids is 1. The molecule has 0 radical (unpaired) electrons. The fourth-order valence-electron chi connectivity index (χ4n) is 2.97. The van der Waals surface area contributed by atoms with Crippen molar-refractivity contribution in [3.63, 3.8) is 0 Å². The summed E-state index contributed by atoms with van der Waals surface area (Å²) in [7, 11) is 3.44. The monoisotopic (exact) mass is 341 g/mol. The van der Waals surface area contributed by atoms with Crippen molar-refractivity contribution in [1.29, 1.82) is 0 Å². The molecule has 2 aromatic rings. The van der Waals surface area contributed by atoms with Crippen molar-refractivity contribution in [1.82, 2.24) is 9.88 Å². The lowest BCUT2D eigenvalue weighted by atomic mass is 10.1. The zero-order valence-corrected chi connectivity index (χ0v) is 14.6. The van der Waals surface area contributed by atoms with Crippen LogP contribution in [0.25, 0.3) is 0 Å². The van der Waals surface area contributed by atoms with Crippen molar-refractivity contribution in [2.45, 2.75) is 12.5 Å². The molecule has 1 aliphatic heterocycles. The molecule has 1 amide bonds. The van der Waals surface area contributed by atoms with Gasteiger partial charge < -0.3 is 19.7 Å². The number of hydrogen-bond donors (Lipinski definition) is 1. The Morgan fingerprint density at radius 1 is 1.40 bits per heavy atom. The summed E-state index contributed by atoms with van der Waals surface area (Å²) < 4.78 is 11.1. The van der Waals surface area contributed by atoms with Gasteiger partial charge in [0.15, 0.2) is 0 Å². The molecule has 132 valence electrons. The molecular formula is C19H23N3O3. The van der Waals surface area contributed by atoms with Crippen molar-refractivity contribution in [3.8, 4) is 5.75 Å². The molecule has 1 aromatic carbocycles. The van der Waals surface area contributed by atoms with Gasteiger partial charge in [0.2, 0.25) is 0 Å². The maximum absolute atomic E-state index is 12.8. The number of ether oxygens (including phenoxy) is 2. The summed E-state index contributed by atoms with van der Waals surface area (Å²) in [6.07, 6.45) is 2.38. The van der Waals surface area contributed by atoms with Gasteiger partial charge in [-0.05, 0) is 29.8 Å². The number of rotatable bonds is 5. The van der Waals surface area contributed by atoms with E-state index < -0.39 is 0 Å². The first-order valence-corrected chi connectivity index (χ1v) is 8.37. The minimum Gasteiger partial charge on any atom is -0.497 e. The van der Waals surface area contributed by atoms with E-state index in [0.29, 0.717) is 31.1 Å². The Bertz CT molecular complexity index is 735. The molecule has 25 heavy (non-hydrogen) atoms. The van der Waals surface area contributed by atoms with E-state index in [1.807, 2.05) is 23.1 Å². The highest BCUT2D eigenvalue weighted by Crippen LogP contribution is 2.18. The highest BCUT2D eigenvalue weighted by atomic mass is 16.5. The Labute approximate surface area is 147 Å². The third-order valence-corrected chi connectivity index (χ3v) is 4.29. The molecule has 1 aromatic heterocycles. The molecule has 0 unspecified atom stereocenters. The number of methoxy groups -OCH3 is 1. The van der Waals surface area contributed by atoms with E-state index in [-0.39, 0.29) is 12.0 Å². The Morgan fingerprint density at radius 2 is 2.28 bits per heavy atom. The van der Waals surface area contributed by atoms with Crippen LogP contribution in [0.2, 0.25) is 0 Å². The third kappa shape index (κ3) is 4.28. The van der Waals surface area contributed by atoms with E-state index >= 15 is 0 Å². The number of pyridine rings is 1. The highest BCUT2D eigenvalue weighted by Gasteiger charge is 2.25. The summed E-state index contributed by atoms with van der Waals surface area (Å²) in [5.41, 5.74) is 1.78. The van der Waals surface area contributed by atoms with E-state index in [9.17, 15) is 4.79 Å². The average molecular weight is 341 g/mol. The van der Waals surface area contributed by atoms with Crippen LogP contribution in [0.5, 0.6) is 5.75 Å². The summed E-state index contributed by atoms with van der Waals surface area (Å²) in [5, 5.41) is 2.96. The molecule has 1 N–H and O–H groups in total. The summed E-state index contributed by atoms with van der Waals surface area (Å²) in [6.45, 7) is 1.72. The predicted molar refractivity (Wildman–Crippen MR) is 96.1 cm³/mol. The van der Waals surface area contributed by atoms with Gasteiger partial charge in [-0.1, -0.05) is 12.1 Å². The van der Waals surface area contributed by atoms with Crippen molar-refractivity contribution < 1.29 is 14.3 Å². The van der Waals surface area contributed by atoms with Crippen LogP contribution < -0.4 is 10.1 Å². The zero-order chi connectivity index (χ0) is 17.6. The fraction of sp³-hybridized carbons (Fsp3) is 0.368. The largest absolute Gasteiger partial charge is 0.497 e. The number of hydrogen-bond acceptors (Lipinski definition) is 5. The van der Waals surface area contributed by atoms with E-state index in [2.05, 4.69) is 16.4 Å². The quantitative estimate of drug-likeness (QED) is 0.903. The Morgan fingerprint density at radius 3 is 3.08 bits per heavy atom. The molecule has 1 aliphatic rings. The van der Waals surface area contributed by atoms with Gasteiger partial charge in [-0.2, -0.15) is 0 Å². The van der Waals surface area contributed by atoms with Crippen LogP contribution in [0.3, 0.4) is 0 Å². The van der Waals surface area contributed by atoms with Crippen LogP contribution in [0, 0.1) is 0 Å². The number of nitrogens with zero attached hydrogens (tertiary/aromatic N) is 2. The molecule has 0 saturated carbocycles. The zero-order valence-electron chi connectivity index (χ0n) is 14.6. The van der Waals surface area contributed by atoms with Gasteiger partial charge in [0.1, 0.15) is 11.6 Å². The van der Waals surface area contributed by atoms with E-state index in [4.69, 9.17) is 9.47 Å². The lowest BCUT2D eigenvalue weighted by molar-refractivity contribution is -0.0208. The van der Waals surface area contributed by atoms with Gasteiger partial charge in [0, 0.05) is 38.3 Å². The third-order valence-electron chi connectivity index (χ3n) is 4.29. The van der Waals surface area contributed by atoms with Crippen molar-refractivity contribution in [3.05, 3.63) is 53.7 Å².